The van der Waals surface area contributed by atoms with Gasteiger partial charge in [-0.25, -0.2) is 4.98 Å². The monoisotopic (exact) mass is 658 g/mol. The fraction of sp³-hybridized carbons (Fsp3) is 0.379. The summed E-state index contributed by atoms with van der Waals surface area (Å²) in [5.74, 6) is -0.0643. The molecule has 3 heterocycles. The maximum atomic E-state index is 14.0. The van der Waals surface area contributed by atoms with Crippen LogP contribution >= 0.6 is 46.4 Å². The number of aryl methyl sites for hydroxylation is 1. The van der Waals surface area contributed by atoms with E-state index in [1.165, 1.54) is 10.4 Å². The van der Waals surface area contributed by atoms with Crippen molar-refractivity contribution in [3.05, 3.63) is 76.4 Å². The molecule has 3 aromatic rings. The number of thiazole rings is 1. The van der Waals surface area contributed by atoms with Crippen LogP contribution in [0.5, 0.6) is 0 Å². The number of amides is 2. The third-order valence-electron chi connectivity index (χ3n) is 7.41. The number of carbonyl (C=O) groups is 2. The van der Waals surface area contributed by atoms with Crippen molar-refractivity contribution < 1.29 is 9.59 Å². The highest BCUT2D eigenvalue weighted by Gasteiger charge is 2.43. The molecule has 6 nitrogen and oxygen atoms in total. The van der Waals surface area contributed by atoms with Gasteiger partial charge in [0.1, 0.15) is 11.0 Å². The highest BCUT2D eigenvalue weighted by molar-refractivity contribution is 14.1. The molecule has 0 aliphatic carbocycles. The maximum Gasteiger partial charge on any atom is 0.255 e. The van der Waals surface area contributed by atoms with E-state index in [1.54, 1.807) is 16.2 Å². The summed E-state index contributed by atoms with van der Waals surface area (Å²) in [6.07, 6.45) is 1.75. The van der Waals surface area contributed by atoms with E-state index < -0.39 is 6.04 Å². The number of carbonyl (C=O) groups excluding carboxylic acids is 2. The van der Waals surface area contributed by atoms with Gasteiger partial charge in [-0.15, -0.1) is 11.3 Å². The molecule has 2 aromatic carbocycles. The first-order valence-electron chi connectivity index (χ1n) is 12.9. The molecule has 2 atom stereocenters. The molecule has 0 N–H and O–H groups in total. The van der Waals surface area contributed by atoms with E-state index in [9.17, 15) is 9.59 Å². The van der Waals surface area contributed by atoms with Gasteiger partial charge in [0, 0.05) is 18.7 Å². The number of hydrogen-bond acceptors (Lipinski definition) is 5. The Bertz CT molecular complexity index is 1360. The standard InChI is InChI=1S/C29H31IN4O2S2/c1-18(2)25(33-16-22-7-4-5-8-23(22)27(33)35)28(36)32-14-6-9-24(32)29(37)34(30)15-20-10-12-21(13-11-20)26-19(3)31-17-38-26/h4-5,7-8,10-13,17-18,24-25H,6,9,14-16H2,1-3H3/t24-,25?/m0/s1. The minimum Gasteiger partial charge on any atom is -0.331 e. The molecule has 2 aliphatic rings. The Morgan fingerprint density at radius 2 is 1.95 bits per heavy atom. The van der Waals surface area contributed by atoms with Crippen molar-refractivity contribution in [2.24, 2.45) is 5.92 Å². The lowest BCUT2D eigenvalue weighted by molar-refractivity contribution is -0.137. The van der Waals surface area contributed by atoms with Gasteiger partial charge >= 0.3 is 0 Å². The Balaban J connectivity index is 1.28. The van der Waals surface area contributed by atoms with Crippen molar-refractivity contribution in [1.82, 2.24) is 17.9 Å². The summed E-state index contributed by atoms with van der Waals surface area (Å²) in [6.45, 7) is 7.86. The normalized spacial score (nSPS) is 17.7. The lowest BCUT2D eigenvalue weighted by atomic mass is 10.0. The van der Waals surface area contributed by atoms with Crippen molar-refractivity contribution in [3.8, 4) is 10.4 Å². The quantitative estimate of drug-likeness (QED) is 0.170. The minimum atomic E-state index is -0.510. The average Bonchev–Trinajstić information content (AvgIpc) is 3.64. The highest BCUT2D eigenvalue weighted by Crippen LogP contribution is 2.32. The fourth-order valence-corrected chi connectivity index (χ4v) is 7.31. The van der Waals surface area contributed by atoms with Crippen LogP contribution < -0.4 is 0 Å². The van der Waals surface area contributed by atoms with Crippen LogP contribution in [0.2, 0.25) is 0 Å². The predicted octanol–water partition coefficient (Wildman–Crippen LogP) is 6.27. The second-order valence-corrected chi connectivity index (χ2v) is 12.7. The molecule has 2 amide bonds. The van der Waals surface area contributed by atoms with Gasteiger partial charge in [-0.1, -0.05) is 68.5 Å². The Morgan fingerprint density at radius 3 is 2.61 bits per heavy atom. The molecule has 0 saturated carbocycles. The van der Waals surface area contributed by atoms with E-state index >= 15 is 0 Å². The highest BCUT2D eigenvalue weighted by atomic mass is 127. The Hall–Kier alpha value is -2.37. The SMILES string of the molecule is Cc1ncsc1-c1ccc(CN(I)C(=S)[C@@H]2CCCN2C(=O)C(C(C)C)N2Cc3ccccc3C2=O)cc1. The molecule has 2 aliphatic heterocycles. The maximum absolute atomic E-state index is 14.0. The summed E-state index contributed by atoms with van der Waals surface area (Å²) in [4.78, 5) is 37.2. The van der Waals surface area contributed by atoms with Gasteiger partial charge in [0.15, 0.2) is 0 Å². The molecule has 1 aromatic heterocycles. The van der Waals surface area contributed by atoms with E-state index in [2.05, 4.69) is 55.2 Å². The molecule has 38 heavy (non-hydrogen) atoms. The van der Waals surface area contributed by atoms with E-state index in [1.807, 2.05) is 55.4 Å². The zero-order valence-corrected chi connectivity index (χ0v) is 25.6. The number of nitrogens with zero attached hydrogens (tertiary/aromatic N) is 4. The second-order valence-electron chi connectivity index (χ2n) is 10.3. The number of thiocarbonyl (C=S) groups is 1. The van der Waals surface area contributed by atoms with Crippen LogP contribution in [0.4, 0.5) is 0 Å². The third-order valence-corrected chi connectivity index (χ3v) is 10.1. The van der Waals surface area contributed by atoms with Crippen LogP contribution in [0.25, 0.3) is 10.4 Å². The number of aromatic nitrogens is 1. The summed E-state index contributed by atoms with van der Waals surface area (Å²) in [5, 5.41) is 0. The molecule has 1 saturated heterocycles. The van der Waals surface area contributed by atoms with Crippen molar-refractivity contribution in [1.29, 1.82) is 0 Å². The summed E-state index contributed by atoms with van der Waals surface area (Å²) < 4.78 is 2.05. The van der Waals surface area contributed by atoms with Gasteiger partial charge in [0.05, 0.1) is 51.5 Å². The van der Waals surface area contributed by atoms with Crippen molar-refractivity contribution in [2.75, 3.05) is 6.54 Å². The Kier molecular flexibility index (Phi) is 8.16. The zero-order valence-electron chi connectivity index (χ0n) is 21.8. The van der Waals surface area contributed by atoms with Crippen LogP contribution in [-0.2, 0) is 17.9 Å². The first-order chi connectivity index (χ1) is 18.3. The van der Waals surface area contributed by atoms with Crippen LogP contribution in [0, 0.1) is 12.8 Å². The molecule has 1 fully saturated rings. The number of benzene rings is 2. The van der Waals surface area contributed by atoms with Gasteiger partial charge in [-0.2, -0.15) is 0 Å². The molecule has 5 rings (SSSR count). The molecular weight excluding hydrogens is 627 g/mol. The number of halogens is 1. The van der Waals surface area contributed by atoms with Crippen LogP contribution in [-0.4, -0.2) is 53.3 Å². The van der Waals surface area contributed by atoms with Crippen LogP contribution in [0.15, 0.2) is 54.0 Å². The molecule has 9 heteroatoms. The Morgan fingerprint density at radius 1 is 1.21 bits per heavy atom. The topological polar surface area (TPSA) is 56.8 Å². The lowest BCUT2D eigenvalue weighted by Gasteiger charge is -2.36. The van der Waals surface area contributed by atoms with E-state index in [0.29, 0.717) is 25.2 Å². The first-order valence-corrected chi connectivity index (χ1v) is 15.2. The van der Waals surface area contributed by atoms with E-state index in [0.717, 1.165) is 34.7 Å². The number of fused-ring (bicyclic) bond motifs is 1. The lowest BCUT2D eigenvalue weighted by Crippen LogP contribution is -2.54. The largest absolute Gasteiger partial charge is 0.331 e. The van der Waals surface area contributed by atoms with Gasteiger partial charge in [-0.05, 0) is 48.4 Å². The number of rotatable bonds is 7. The molecular formula is C29H31IN4O2S2. The second kappa shape index (κ2) is 11.4. The summed E-state index contributed by atoms with van der Waals surface area (Å²) in [7, 11) is 0. The van der Waals surface area contributed by atoms with E-state index in [-0.39, 0.29) is 23.8 Å². The van der Waals surface area contributed by atoms with E-state index in [4.69, 9.17) is 12.2 Å². The minimum absolute atomic E-state index is 0.0000798. The third kappa shape index (κ3) is 5.24. The van der Waals surface area contributed by atoms with Crippen molar-refractivity contribution >= 4 is 63.2 Å². The molecule has 198 valence electrons. The Labute approximate surface area is 247 Å². The molecule has 0 spiro atoms. The fourth-order valence-electron chi connectivity index (χ4n) is 5.48. The number of likely N-dealkylation sites (tertiary alicyclic amines) is 1. The van der Waals surface area contributed by atoms with Gasteiger partial charge in [-0.3, -0.25) is 9.59 Å². The van der Waals surface area contributed by atoms with Gasteiger partial charge in [0.25, 0.3) is 5.91 Å². The molecule has 0 bridgehead atoms. The zero-order chi connectivity index (χ0) is 27.0. The summed E-state index contributed by atoms with van der Waals surface area (Å²) in [6, 6.07) is 15.5. The van der Waals surface area contributed by atoms with Crippen molar-refractivity contribution in [2.45, 2.75) is 58.8 Å². The smallest absolute Gasteiger partial charge is 0.255 e. The summed E-state index contributed by atoms with van der Waals surface area (Å²) >= 11 is 9.87. The first kappa shape index (κ1) is 27.2. The van der Waals surface area contributed by atoms with Gasteiger partial charge < -0.3 is 12.9 Å². The number of hydrogen-bond donors (Lipinski definition) is 0. The average molecular weight is 659 g/mol. The van der Waals surface area contributed by atoms with Crippen molar-refractivity contribution in [3.63, 3.8) is 0 Å². The van der Waals surface area contributed by atoms with Crippen LogP contribution in [0.3, 0.4) is 0 Å². The summed E-state index contributed by atoms with van der Waals surface area (Å²) in [5.41, 5.74) is 6.94. The molecule has 0 radical (unpaired) electrons. The van der Waals surface area contributed by atoms with Crippen LogP contribution in [0.1, 0.15) is 53.9 Å². The van der Waals surface area contributed by atoms with Gasteiger partial charge in [0.2, 0.25) is 5.91 Å². The predicted molar refractivity (Wildman–Crippen MR) is 164 cm³/mol. The molecule has 1 unspecified atom stereocenters.